The van der Waals surface area contributed by atoms with E-state index in [-0.39, 0.29) is 24.0 Å². The van der Waals surface area contributed by atoms with E-state index in [0.29, 0.717) is 21.9 Å². The molecular weight excluding hydrogens is 368 g/mol. The van der Waals surface area contributed by atoms with E-state index in [4.69, 9.17) is 0 Å². The Hall–Kier alpha value is -2.38. The van der Waals surface area contributed by atoms with Crippen molar-refractivity contribution in [1.82, 2.24) is 9.88 Å². The van der Waals surface area contributed by atoms with Crippen LogP contribution in [-0.4, -0.2) is 43.0 Å². The summed E-state index contributed by atoms with van der Waals surface area (Å²) >= 11 is 1.30. The molecule has 4 nitrogen and oxygen atoms in total. The second-order valence-corrected chi connectivity index (χ2v) is 7.62. The van der Waals surface area contributed by atoms with Crippen LogP contribution in [0.15, 0.2) is 42.5 Å². The summed E-state index contributed by atoms with van der Waals surface area (Å²) in [6, 6.07) is 10.3. The summed E-state index contributed by atoms with van der Waals surface area (Å²) in [4.78, 5) is 21.1. The number of carbonyl (C=O) groups excluding carboxylic acids is 1. The maximum absolute atomic E-state index is 13.5. The van der Waals surface area contributed by atoms with Gasteiger partial charge in [-0.05, 0) is 63.0 Å². The highest BCUT2D eigenvalue weighted by atomic mass is 32.1. The van der Waals surface area contributed by atoms with Crippen molar-refractivity contribution in [2.24, 2.45) is 0 Å². The number of rotatable bonds is 7. The third-order valence-corrected chi connectivity index (χ3v) is 5.17. The van der Waals surface area contributed by atoms with E-state index in [9.17, 15) is 13.6 Å². The summed E-state index contributed by atoms with van der Waals surface area (Å²) in [6.07, 6.45) is 0.943. The number of nitrogens with zero attached hydrogens (tertiary/aromatic N) is 3. The molecule has 3 rings (SSSR count). The lowest BCUT2D eigenvalue weighted by molar-refractivity contribution is -0.118. The fourth-order valence-electron chi connectivity index (χ4n) is 2.75. The van der Waals surface area contributed by atoms with Crippen LogP contribution in [0.2, 0.25) is 0 Å². The highest BCUT2D eigenvalue weighted by Crippen LogP contribution is 2.30. The van der Waals surface area contributed by atoms with Gasteiger partial charge in [0, 0.05) is 6.54 Å². The Labute approximate surface area is 161 Å². The number of benzene rings is 2. The van der Waals surface area contributed by atoms with E-state index < -0.39 is 0 Å². The molecule has 1 heterocycles. The van der Waals surface area contributed by atoms with E-state index in [0.717, 1.165) is 18.5 Å². The molecule has 0 aliphatic rings. The lowest BCUT2D eigenvalue weighted by Crippen LogP contribution is -2.34. The van der Waals surface area contributed by atoms with Crippen molar-refractivity contribution in [1.29, 1.82) is 0 Å². The van der Waals surface area contributed by atoms with Crippen LogP contribution in [0, 0.1) is 11.6 Å². The molecule has 0 radical (unpaired) electrons. The molecule has 1 amide bonds. The maximum Gasteiger partial charge on any atom is 0.233 e. The number of hydrogen-bond donors (Lipinski definition) is 0. The van der Waals surface area contributed by atoms with E-state index in [1.807, 2.05) is 14.1 Å². The van der Waals surface area contributed by atoms with Gasteiger partial charge in [0.2, 0.25) is 5.91 Å². The zero-order valence-electron chi connectivity index (χ0n) is 15.3. The van der Waals surface area contributed by atoms with Gasteiger partial charge >= 0.3 is 0 Å². The van der Waals surface area contributed by atoms with Crippen LogP contribution in [0.3, 0.4) is 0 Å². The van der Waals surface area contributed by atoms with Gasteiger partial charge in [-0.3, -0.25) is 9.69 Å². The second-order valence-electron chi connectivity index (χ2n) is 6.61. The molecule has 0 fully saturated rings. The Bertz CT molecular complexity index is 925. The number of aromatic nitrogens is 1. The number of halogens is 2. The van der Waals surface area contributed by atoms with Gasteiger partial charge in [0.15, 0.2) is 5.13 Å². The van der Waals surface area contributed by atoms with Gasteiger partial charge < -0.3 is 4.90 Å². The van der Waals surface area contributed by atoms with Gasteiger partial charge in [0.05, 0.1) is 16.6 Å². The summed E-state index contributed by atoms with van der Waals surface area (Å²) in [5, 5.41) is 0.557. The van der Waals surface area contributed by atoms with Gasteiger partial charge in [0.1, 0.15) is 11.6 Å². The summed E-state index contributed by atoms with van der Waals surface area (Å²) in [7, 11) is 3.95. The van der Waals surface area contributed by atoms with E-state index in [2.05, 4.69) is 9.88 Å². The van der Waals surface area contributed by atoms with Gasteiger partial charge in [-0.1, -0.05) is 23.5 Å². The molecule has 0 bridgehead atoms. The third kappa shape index (κ3) is 5.08. The molecule has 3 aromatic rings. The van der Waals surface area contributed by atoms with Crippen molar-refractivity contribution in [3.8, 4) is 0 Å². The SMILES string of the molecule is CN(C)CCCN(C(=O)Cc1ccc(F)cc1)c1nc2ccc(F)cc2s1. The van der Waals surface area contributed by atoms with E-state index in [1.165, 1.54) is 35.6 Å². The largest absolute Gasteiger partial charge is 0.309 e. The average molecular weight is 389 g/mol. The molecular formula is C20H21F2N3OS. The minimum atomic E-state index is -0.331. The molecule has 0 aliphatic carbocycles. The average Bonchev–Trinajstić information content (AvgIpc) is 3.03. The molecule has 0 aliphatic heterocycles. The number of amides is 1. The number of hydrogen-bond acceptors (Lipinski definition) is 4. The van der Waals surface area contributed by atoms with Crippen molar-refractivity contribution < 1.29 is 13.6 Å². The molecule has 2 aromatic carbocycles. The number of carbonyl (C=O) groups is 1. The Morgan fingerprint density at radius 2 is 1.74 bits per heavy atom. The smallest absolute Gasteiger partial charge is 0.233 e. The van der Waals surface area contributed by atoms with Crippen LogP contribution in [0.4, 0.5) is 13.9 Å². The van der Waals surface area contributed by atoms with Crippen LogP contribution < -0.4 is 4.90 Å². The highest BCUT2D eigenvalue weighted by molar-refractivity contribution is 7.22. The Balaban J connectivity index is 1.84. The van der Waals surface area contributed by atoms with Gasteiger partial charge in [-0.15, -0.1) is 0 Å². The molecule has 0 saturated carbocycles. The zero-order chi connectivity index (χ0) is 19.4. The number of fused-ring (bicyclic) bond motifs is 1. The van der Waals surface area contributed by atoms with Crippen LogP contribution in [0.1, 0.15) is 12.0 Å². The highest BCUT2D eigenvalue weighted by Gasteiger charge is 2.20. The molecule has 0 N–H and O–H groups in total. The van der Waals surface area contributed by atoms with Gasteiger partial charge in [-0.25, -0.2) is 13.8 Å². The molecule has 0 spiro atoms. The summed E-state index contributed by atoms with van der Waals surface area (Å²) < 4.78 is 27.3. The number of thiazole rings is 1. The first kappa shape index (κ1) is 19.4. The van der Waals surface area contributed by atoms with E-state index in [1.54, 1.807) is 23.1 Å². The van der Waals surface area contributed by atoms with Gasteiger partial charge in [-0.2, -0.15) is 0 Å². The monoisotopic (exact) mass is 389 g/mol. The van der Waals surface area contributed by atoms with Crippen LogP contribution in [-0.2, 0) is 11.2 Å². The first-order valence-corrected chi connectivity index (χ1v) is 9.49. The quantitative estimate of drug-likeness (QED) is 0.610. The lowest BCUT2D eigenvalue weighted by Gasteiger charge is -2.21. The van der Waals surface area contributed by atoms with Crippen LogP contribution in [0.5, 0.6) is 0 Å². The molecule has 0 atom stereocenters. The van der Waals surface area contributed by atoms with E-state index >= 15 is 0 Å². The van der Waals surface area contributed by atoms with Crippen LogP contribution in [0.25, 0.3) is 10.2 Å². The Morgan fingerprint density at radius 1 is 1.04 bits per heavy atom. The second kappa shape index (κ2) is 8.54. The normalized spacial score (nSPS) is 11.3. The van der Waals surface area contributed by atoms with Crippen molar-refractivity contribution in [3.63, 3.8) is 0 Å². The standard InChI is InChI=1S/C20H21F2N3OS/c1-24(2)10-3-11-25(19(26)12-14-4-6-15(21)7-5-14)20-23-17-9-8-16(22)13-18(17)27-20/h4-9,13H,3,10-12H2,1-2H3. The molecule has 27 heavy (non-hydrogen) atoms. The Kier molecular flexibility index (Phi) is 6.13. The summed E-state index contributed by atoms with van der Waals surface area (Å²) in [5.74, 6) is -0.767. The predicted octanol–water partition coefficient (Wildman–Crippen LogP) is 4.10. The molecule has 142 valence electrons. The molecule has 0 saturated heterocycles. The lowest BCUT2D eigenvalue weighted by atomic mass is 10.1. The molecule has 7 heteroatoms. The van der Waals surface area contributed by atoms with Gasteiger partial charge in [0.25, 0.3) is 0 Å². The topological polar surface area (TPSA) is 36.4 Å². The van der Waals surface area contributed by atoms with Crippen LogP contribution >= 0.6 is 11.3 Å². The summed E-state index contributed by atoms with van der Waals surface area (Å²) in [6.45, 7) is 1.35. The first-order chi connectivity index (χ1) is 12.9. The predicted molar refractivity (Wildman–Crippen MR) is 105 cm³/mol. The Morgan fingerprint density at radius 3 is 2.44 bits per heavy atom. The minimum Gasteiger partial charge on any atom is -0.309 e. The molecule has 1 aromatic heterocycles. The molecule has 0 unspecified atom stereocenters. The minimum absolute atomic E-state index is 0.111. The maximum atomic E-state index is 13.5. The van der Waals surface area contributed by atoms with Crippen molar-refractivity contribution >= 4 is 32.6 Å². The summed E-state index contributed by atoms with van der Waals surface area (Å²) in [5.41, 5.74) is 1.41. The van der Waals surface area contributed by atoms with Crippen molar-refractivity contribution in [2.45, 2.75) is 12.8 Å². The third-order valence-electron chi connectivity index (χ3n) is 4.13. The fraction of sp³-hybridized carbons (Fsp3) is 0.300. The zero-order valence-corrected chi connectivity index (χ0v) is 16.1. The first-order valence-electron chi connectivity index (χ1n) is 8.68. The van der Waals surface area contributed by atoms with Crippen molar-refractivity contribution in [3.05, 3.63) is 59.7 Å². The number of anilines is 1. The van der Waals surface area contributed by atoms with Crippen molar-refractivity contribution in [2.75, 3.05) is 32.1 Å². The fourth-order valence-corrected chi connectivity index (χ4v) is 3.78.